The third-order valence-corrected chi connectivity index (χ3v) is 6.05. The van der Waals surface area contributed by atoms with Gasteiger partial charge in [0.2, 0.25) is 0 Å². The van der Waals surface area contributed by atoms with E-state index in [1.807, 2.05) is 0 Å². The molecule has 1 aliphatic rings. The van der Waals surface area contributed by atoms with E-state index in [2.05, 4.69) is 4.74 Å². The molecule has 2 rings (SSSR count). The van der Waals surface area contributed by atoms with E-state index in [0.29, 0.717) is 17.8 Å². The van der Waals surface area contributed by atoms with Crippen molar-refractivity contribution < 1.29 is 71.4 Å². The lowest BCUT2D eigenvalue weighted by atomic mass is 9.93. The maximum absolute atomic E-state index is 14.1. The second-order valence-corrected chi connectivity index (χ2v) is 8.21. The number of aryl methyl sites for hydroxylation is 1. The summed E-state index contributed by atoms with van der Waals surface area (Å²) in [6.45, 7) is 1.01. The monoisotopic (exact) mass is 557 g/mol. The van der Waals surface area contributed by atoms with Crippen molar-refractivity contribution in [3.8, 4) is 0 Å². The fourth-order valence-corrected chi connectivity index (χ4v) is 4.28. The Labute approximate surface area is 190 Å². The van der Waals surface area contributed by atoms with Gasteiger partial charge in [-0.1, -0.05) is 0 Å². The van der Waals surface area contributed by atoms with Crippen LogP contribution >= 0.6 is 11.3 Å². The van der Waals surface area contributed by atoms with Crippen molar-refractivity contribution in [1.82, 2.24) is 0 Å². The fraction of sp³-hybridized carbons (Fsp3) is 0.647. The van der Waals surface area contributed by atoms with Crippen LogP contribution in [-0.2, 0) is 22.4 Å². The molecule has 0 saturated carbocycles. The van der Waals surface area contributed by atoms with Crippen LogP contribution in [0.25, 0.3) is 0 Å². The first-order valence-corrected chi connectivity index (χ1v) is 10.00. The molecule has 0 fully saturated rings. The maximum atomic E-state index is 14.1. The molecule has 0 aliphatic heterocycles. The molecule has 18 heteroatoms. The van der Waals surface area contributed by atoms with Crippen LogP contribution in [0.3, 0.4) is 0 Å². The number of thiophene rings is 1. The molecule has 0 spiro atoms. The van der Waals surface area contributed by atoms with Crippen molar-refractivity contribution >= 4 is 28.2 Å². The first-order chi connectivity index (χ1) is 15.6. The lowest BCUT2D eigenvalue weighted by molar-refractivity contribution is -0.435. The number of amides is 1. The predicted molar refractivity (Wildman–Crippen MR) is 91.7 cm³/mol. The summed E-state index contributed by atoms with van der Waals surface area (Å²) in [4.78, 5) is 24.2. The average molecular weight is 557 g/mol. The highest BCUT2D eigenvalue weighted by Gasteiger charge is 2.91. The molecule has 1 aromatic rings. The number of halogens is 13. The third kappa shape index (κ3) is 4.20. The number of esters is 1. The molecule has 1 amide bonds. The van der Waals surface area contributed by atoms with Crippen LogP contribution in [0.4, 0.5) is 62.1 Å². The quantitative estimate of drug-likeness (QED) is 0.311. The van der Waals surface area contributed by atoms with Crippen LogP contribution in [0.1, 0.15) is 34.1 Å². The normalized spacial score (nSPS) is 15.7. The Hall–Kier alpha value is -2.27. The highest BCUT2D eigenvalue weighted by molar-refractivity contribution is 7.17. The standard InChI is InChI=1S/C17H12F13NO3S/c1-2-34-10(32)8-6-4-3-5-7(6)35-9(8)31-11(33)12(18,19)13(20,21)14(22,23)15(24,25)16(26,27)17(28,29)30/h2-5H2,1H3,(H,31,33). The lowest BCUT2D eigenvalue weighted by Gasteiger charge is -2.39. The number of carbonyl (C=O) groups excluding carboxylic acids is 2. The number of ether oxygens (including phenoxy) is 1. The largest absolute Gasteiger partial charge is 0.462 e. The highest BCUT2D eigenvalue weighted by atomic mass is 32.1. The van der Waals surface area contributed by atoms with Gasteiger partial charge in [0.05, 0.1) is 12.2 Å². The molecular weight excluding hydrogens is 545 g/mol. The summed E-state index contributed by atoms with van der Waals surface area (Å²) in [5.41, 5.74) is -0.474. The summed E-state index contributed by atoms with van der Waals surface area (Å²) in [5.74, 6) is -43.6. The Morgan fingerprint density at radius 2 is 1.34 bits per heavy atom. The third-order valence-electron chi connectivity index (χ3n) is 4.85. The van der Waals surface area contributed by atoms with Crippen LogP contribution in [-0.4, -0.2) is 54.3 Å². The van der Waals surface area contributed by atoms with Crippen LogP contribution in [0, 0.1) is 0 Å². The molecule has 0 atom stereocenters. The molecular formula is C17H12F13NO3S. The van der Waals surface area contributed by atoms with E-state index in [1.54, 1.807) is 0 Å². The van der Waals surface area contributed by atoms with Gasteiger partial charge in [0, 0.05) is 4.88 Å². The van der Waals surface area contributed by atoms with Gasteiger partial charge in [-0.05, 0) is 31.7 Å². The Kier molecular flexibility index (Phi) is 7.19. The van der Waals surface area contributed by atoms with Crippen molar-refractivity contribution in [3.63, 3.8) is 0 Å². The summed E-state index contributed by atoms with van der Waals surface area (Å²) >= 11 is 0.363. The molecule has 1 N–H and O–H groups in total. The summed E-state index contributed by atoms with van der Waals surface area (Å²) < 4.78 is 177. The molecule has 35 heavy (non-hydrogen) atoms. The van der Waals surface area contributed by atoms with E-state index in [0.717, 1.165) is 5.32 Å². The number of anilines is 1. The van der Waals surface area contributed by atoms with Gasteiger partial charge in [0.1, 0.15) is 5.00 Å². The number of hydrogen-bond acceptors (Lipinski definition) is 4. The molecule has 1 aliphatic carbocycles. The smallest absolute Gasteiger partial charge is 0.460 e. The SMILES string of the molecule is CCOC(=O)c1c(NC(=O)C(F)(F)C(F)(F)C(F)(F)C(F)(F)C(F)(F)C(F)(F)F)sc2c1CCC2. The number of carbonyl (C=O) groups is 2. The molecule has 0 bridgehead atoms. The van der Waals surface area contributed by atoms with Crippen molar-refractivity contribution in [2.75, 3.05) is 11.9 Å². The highest BCUT2D eigenvalue weighted by Crippen LogP contribution is 2.60. The zero-order valence-corrected chi connectivity index (χ0v) is 17.7. The second-order valence-electron chi connectivity index (χ2n) is 7.11. The minimum atomic E-state index is -8.12. The number of alkyl halides is 13. The number of nitrogens with one attached hydrogen (secondary N) is 1. The average Bonchev–Trinajstić information content (AvgIpc) is 3.27. The molecule has 0 unspecified atom stereocenters. The van der Waals surface area contributed by atoms with Crippen LogP contribution in [0.15, 0.2) is 0 Å². The summed E-state index contributed by atoms with van der Waals surface area (Å²) in [6, 6.07) is 0. The van der Waals surface area contributed by atoms with Gasteiger partial charge in [-0.2, -0.15) is 57.1 Å². The van der Waals surface area contributed by atoms with Crippen molar-refractivity contribution in [2.24, 2.45) is 0 Å². The van der Waals surface area contributed by atoms with E-state index < -0.39 is 58.2 Å². The van der Waals surface area contributed by atoms with E-state index in [4.69, 9.17) is 0 Å². The Morgan fingerprint density at radius 1 is 0.829 bits per heavy atom. The van der Waals surface area contributed by atoms with Gasteiger partial charge in [0.15, 0.2) is 0 Å². The van der Waals surface area contributed by atoms with E-state index in [1.165, 1.54) is 6.92 Å². The molecule has 0 radical (unpaired) electrons. The van der Waals surface area contributed by atoms with Crippen LogP contribution < -0.4 is 5.32 Å². The Morgan fingerprint density at radius 3 is 1.83 bits per heavy atom. The van der Waals surface area contributed by atoms with E-state index >= 15 is 0 Å². The van der Waals surface area contributed by atoms with E-state index in [9.17, 15) is 66.7 Å². The van der Waals surface area contributed by atoms with Gasteiger partial charge >= 0.3 is 47.7 Å². The lowest BCUT2D eigenvalue weighted by Crippen LogP contribution is -2.71. The van der Waals surface area contributed by atoms with Crippen LogP contribution in [0.5, 0.6) is 0 Å². The Balaban J connectivity index is 2.49. The summed E-state index contributed by atoms with van der Waals surface area (Å²) in [5, 5.41) is 0.0524. The molecule has 0 aromatic carbocycles. The number of fused-ring (bicyclic) bond motifs is 1. The molecule has 1 aromatic heterocycles. The second kappa shape index (κ2) is 8.69. The zero-order valence-electron chi connectivity index (χ0n) is 16.9. The molecule has 4 nitrogen and oxygen atoms in total. The van der Waals surface area contributed by atoms with Crippen molar-refractivity contribution in [3.05, 3.63) is 16.0 Å². The van der Waals surface area contributed by atoms with Crippen molar-refractivity contribution in [1.29, 1.82) is 0 Å². The predicted octanol–water partition coefficient (Wildman–Crippen LogP) is 6.09. The van der Waals surface area contributed by atoms with Gasteiger partial charge in [-0.15, -0.1) is 11.3 Å². The Bertz CT molecular complexity index is 1000. The number of hydrogen-bond donors (Lipinski definition) is 1. The molecule has 200 valence electrons. The topological polar surface area (TPSA) is 55.4 Å². The summed E-state index contributed by atoms with van der Waals surface area (Å²) in [6.07, 6.45) is -6.78. The van der Waals surface area contributed by atoms with Gasteiger partial charge in [0.25, 0.3) is 0 Å². The first-order valence-electron chi connectivity index (χ1n) is 9.18. The first kappa shape index (κ1) is 29.0. The van der Waals surface area contributed by atoms with Gasteiger partial charge in [-0.25, -0.2) is 4.79 Å². The van der Waals surface area contributed by atoms with Gasteiger partial charge < -0.3 is 10.1 Å². The minimum Gasteiger partial charge on any atom is -0.462 e. The van der Waals surface area contributed by atoms with E-state index in [-0.39, 0.29) is 29.9 Å². The maximum Gasteiger partial charge on any atom is 0.460 e. The fourth-order valence-electron chi connectivity index (χ4n) is 3.01. The number of rotatable bonds is 8. The molecule has 1 heterocycles. The zero-order chi connectivity index (χ0) is 27.4. The van der Waals surface area contributed by atoms with Gasteiger partial charge in [-0.3, -0.25) is 4.79 Å². The van der Waals surface area contributed by atoms with Crippen molar-refractivity contribution in [2.45, 2.75) is 62.0 Å². The van der Waals surface area contributed by atoms with Crippen LogP contribution in [0.2, 0.25) is 0 Å². The minimum absolute atomic E-state index is 0.124. The molecule has 0 saturated heterocycles. The summed E-state index contributed by atoms with van der Waals surface area (Å²) in [7, 11) is 0.